The van der Waals surface area contributed by atoms with Crippen molar-refractivity contribution in [2.24, 2.45) is 5.92 Å². The van der Waals surface area contributed by atoms with Gasteiger partial charge < -0.3 is 4.74 Å². The van der Waals surface area contributed by atoms with Crippen LogP contribution in [0.4, 0.5) is 0 Å². The Morgan fingerprint density at radius 3 is 2.68 bits per heavy atom. The number of carbonyl (C=O) groups is 1. The van der Waals surface area contributed by atoms with Gasteiger partial charge in [-0.15, -0.1) is 0 Å². The molecule has 2 rings (SSSR count). The molecule has 0 saturated carbocycles. The zero-order chi connectivity index (χ0) is 14.0. The van der Waals surface area contributed by atoms with Crippen molar-refractivity contribution in [1.29, 1.82) is 0 Å². The van der Waals surface area contributed by atoms with Crippen molar-refractivity contribution < 1.29 is 17.9 Å². The summed E-state index contributed by atoms with van der Waals surface area (Å²) in [5.74, 6) is 1.07. The standard InChI is InChI=1S/C14H18O4S/c1-10-7-12(18-2)3-4-13(10)14(15)8-11-5-6-19(16,17)9-11/h3-4,7,11H,5-6,8-9H2,1-2H3. The maximum atomic E-state index is 12.2. The van der Waals surface area contributed by atoms with Crippen LogP contribution in [-0.4, -0.2) is 32.8 Å². The molecular weight excluding hydrogens is 264 g/mol. The van der Waals surface area contributed by atoms with Crippen LogP contribution in [0.2, 0.25) is 0 Å². The molecule has 5 heteroatoms. The van der Waals surface area contributed by atoms with Crippen LogP contribution >= 0.6 is 0 Å². The van der Waals surface area contributed by atoms with Crippen LogP contribution in [0.3, 0.4) is 0 Å². The highest BCUT2D eigenvalue weighted by atomic mass is 32.2. The third kappa shape index (κ3) is 3.35. The Morgan fingerprint density at radius 1 is 1.42 bits per heavy atom. The summed E-state index contributed by atoms with van der Waals surface area (Å²) in [6, 6.07) is 5.32. The molecule has 1 aromatic carbocycles. The van der Waals surface area contributed by atoms with Crippen LogP contribution < -0.4 is 4.74 Å². The normalized spacial score (nSPS) is 21.3. The predicted molar refractivity (Wildman–Crippen MR) is 73.4 cm³/mol. The maximum absolute atomic E-state index is 12.2. The summed E-state index contributed by atoms with van der Waals surface area (Å²) < 4.78 is 27.9. The maximum Gasteiger partial charge on any atom is 0.163 e. The molecular formula is C14H18O4S. The highest BCUT2D eigenvalue weighted by Gasteiger charge is 2.29. The van der Waals surface area contributed by atoms with Crippen molar-refractivity contribution >= 4 is 15.6 Å². The molecule has 1 aromatic rings. The molecule has 1 saturated heterocycles. The molecule has 0 spiro atoms. The molecule has 0 radical (unpaired) electrons. The topological polar surface area (TPSA) is 60.4 Å². The second-order valence-corrected chi connectivity index (χ2v) is 7.31. The molecule has 0 N–H and O–H groups in total. The van der Waals surface area contributed by atoms with Crippen molar-refractivity contribution in [2.75, 3.05) is 18.6 Å². The van der Waals surface area contributed by atoms with Crippen LogP contribution in [0.1, 0.15) is 28.8 Å². The van der Waals surface area contributed by atoms with Crippen LogP contribution in [-0.2, 0) is 9.84 Å². The monoisotopic (exact) mass is 282 g/mol. The lowest BCUT2D eigenvalue weighted by molar-refractivity contribution is 0.0965. The van der Waals surface area contributed by atoms with Crippen molar-refractivity contribution in [3.63, 3.8) is 0 Å². The van der Waals surface area contributed by atoms with Crippen LogP contribution in [0, 0.1) is 12.8 Å². The number of Topliss-reactive ketones (excluding diaryl/α,β-unsaturated/α-hetero) is 1. The third-order valence-corrected chi connectivity index (χ3v) is 5.37. The number of sulfone groups is 1. The molecule has 0 aromatic heterocycles. The molecule has 1 heterocycles. The van der Waals surface area contributed by atoms with E-state index in [9.17, 15) is 13.2 Å². The largest absolute Gasteiger partial charge is 0.497 e. The molecule has 0 amide bonds. The summed E-state index contributed by atoms with van der Waals surface area (Å²) in [6.45, 7) is 1.86. The predicted octanol–water partition coefficient (Wildman–Crippen LogP) is 2.01. The van der Waals surface area contributed by atoms with Crippen molar-refractivity contribution in [1.82, 2.24) is 0 Å². The molecule has 19 heavy (non-hydrogen) atoms. The average molecular weight is 282 g/mol. The lowest BCUT2D eigenvalue weighted by atomic mass is 9.95. The van der Waals surface area contributed by atoms with E-state index in [1.807, 2.05) is 13.0 Å². The Kier molecular flexibility index (Phi) is 3.94. The van der Waals surface area contributed by atoms with E-state index in [0.717, 1.165) is 11.3 Å². The fourth-order valence-corrected chi connectivity index (χ4v) is 4.34. The zero-order valence-corrected chi connectivity index (χ0v) is 12.0. The molecule has 0 bridgehead atoms. The fraction of sp³-hybridized carbons (Fsp3) is 0.500. The fourth-order valence-electron chi connectivity index (χ4n) is 2.48. The molecule has 4 nitrogen and oxygen atoms in total. The van der Waals surface area contributed by atoms with Gasteiger partial charge in [0.1, 0.15) is 5.75 Å². The zero-order valence-electron chi connectivity index (χ0n) is 11.2. The number of hydrogen-bond donors (Lipinski definition) is 0. The summed E-state index contributed by atoms with van der Waals surface area (Å²) in [5, 5.41) is 0. The minimum absolute atomic E-state index is 0.0160. The first-order chi connectivity index (χ1) is 8.91. The van der Waals surface area contributed by atoms with Gasteiger partial charge in [-0.2, -0.15) is 0 Å². The number of hydrogen-bond acceptors (Lipinski definition) is 4. The molecule has 104 valence electrons. The van der Waals surface area contributed by atoms with E-state index < -0.39 is 9.84 Å². The van der Waals surface area contributed by atoms with Crippen molar-refractivity contribution in [3.8, 4) is 5.75 Å². The van der Waals surface area contributed by atoms with Gasteiger partial charge in [0.05, 0.1) is 18.6 Å². The number of ether oxygens (including phenoxy) is 1. The van der Waals surface area contributed by atoms with Crippen molar-refractivity contribution in [2.45, 2.75) is 19.8 Å². The summed E-state index contributed by atoms with van der Waals surface area (Å²) in [6.07, 6.45) is 0.912. The first-order valence-corrected chi connectivity index (χ1v) is 8.11. The van der Waals surface area contributed by atoms with Gasteiger partial charge in [-0.25, -0.2) is 8.42 Å². The minimum Gasteiger partial charge on any atom is -0.497 e. The lowest BCUT2D eigenvalue weighted by Gasteiger charge is -2.10. The molecule has 1 fully saturated rings. The van der Waals surface area contributed by atoms with E-state index in [2.05, 4.69) is 0 Å². The van der Waals surface area contributed by atoms with E-state index in [0.29, 0.717) is 18.4 Å². The van der Waals surface area contributed by atoms with E-state index in [4.69, 9.17) is 4.74 Å². The number of carbonyl (C=O) groups excluding carboxylic acids is 1. The van der Waals surface area contributed by atoms with Gasteiger partial charge in [0.15, 0.2) is 15.6 Å². The van der Waals surface area contributed by atoms with Gasteiger partial charge in [-0.3, -0.25) is 4.79 Å². The number of benzene rings is 1. The quantitative estimate of drug-likeness (QED) is 0.793. The lowest BCUT2D eigenvalue weighted by Crippen LogP contribution is -2.11. The van der Waals surface area contributed by atoms with E-state index in [1.54, 1.807) is 19.2 Å². The summed E-state index contributed by atoms with van der Waals surface area (Å²) in [4.78, 5) is 12.2. The van der Waals surface area contributed by atoms with Gasteiger partial charge in [0.2, 0.25) is 0 Å². The Hall–Kier alpha value is -1.36. The second-order valence-electron chi connectivity index (χ2n) is 5.08. The SMILES string of the molecule is COc1ccc(C(=O)CC2CCS(=O)(=O)C2)c(C)c1. The highest BCUT2D eigenvalue weighted by molar-refractivity contribution is 7.91. The minimum atomic E-state index is -2.92. The van der Waals surface area contributed by atoms with Gasteiger partial charge in [-0.1, -0.05) is 0 Å². The Bertz CT molecular complexity index is 589. The van der Waals surface area contributed by atoms with Crippen LogP contribution in [0.15, 0.2) is 18.2 Å². The molecule has 1 aliphatic rings. The Morgan fingerprint density at radius 2 is 2.16 bits per heavy atom. The first kappa shape index (κ1) is 14.1. The van der Waals surface area contributed by atoms with Gasteiger partial charge >= 0.3 is 0 Å². The number of methoxy groups -OCH3 is 1. The Labute approximate surface area is 113 Å². The molecule has 1 atom stereocenters. The van der Waals surface area contributed by atoms with Gasteiger partial charge in [0, 0.05) is 12.0 Å². The van der Waals surface area contributed by atoms with E-state index >= 15 is 0 Å². The molecule has 1 aliphatic heterocycles. The smallest absolute Gasteiger partial charge is 0.163 e. The molecule has 1 unspecified atom stereocenters. The summed E-state index contributed by atoms with van der Waals surface area (Å²) >= 11 is 0. The number of rotatable bonds is 4. The second kappa shape index (κ2) is 5.33. The highest BCUT2D eigenvalue weighted by Crippen LogP contribution is 2.25. The average Bonchev–Trinajstić information content (AvgIpc) is 2.68. The summed E-state index contributed by atoms with van der Waals surface area (Å²) in [7, 11) is -1.33. The van der Waals surface area contributed by atoms with Crippen LogP contribution in [0.5, 0.6) is 5.75 Å². The third-order valence-electron chi connectivity index (χ3n) is 3.53. The van der Waals surface area contributed by atoms with E-state index in [-0.39, 0.29) is 23.2 Å². The van der Waals surface area contributed by atoms with Gasteiger partial charge in [0.25, 0.3) is 0 Å². The molecule has 0 aliphatic carbocycles. The van der Waals surface area contributed by atoms with Gasteiger partial charge in [-0.05, 0) is 43.0 Å². The van der Waals surface area contributed by atoms with Crippen molar-refractivity contribution in [3.05, 3.63) is 29.3 Å². The van der Waals surface area contributed by atoms with Crippen LogP contribution in [0.25, 0.3) is 0 Å². The summed E-state index contributed by atoms with van der Waals surface area (Å²) in [5.41, 5.74) is 1.52. The number of aryl methyl sites for hydroxylation is 1. The Balaban J connectivity index is 2.08. The number of ketones is 1. The van der Waals surface area contributed by atoms with E-state index in [1.165, 1.54) is 0 Å². The first-order valence-electron chi connectivity index (χ1n) is 6.29.